The Morgan fingerprint density at radius 1 is 1.03 bits per heavy atom. The molecule has 34 heavy (non-hydrogen) atoms. The fraction of sp³-hybridized carbons (Fsp3) is 0.286. The number of nitrogens with one attached hydrogen (secondary N) is 3. The molecule has 2 aromatic carbocycles. The van der Waals surface area contributed by atoms with Gasteiger partial charge >= 0.3 is 0 Å². The molecule has 174 valence electrons. The van der Waals surface area contributed by atoms with Crippen LogP contribution in [0.1, 0.15) is 29.9 Å². The van der Waals surface area contributed by atoms with Gasteiger partial charge in [-0.25, -0.2) is 4.98 Å². The van der Waals surface area contributed by atoms with Crippen molar-refractivity contribution in [2.24, 2.45) is 0 Å². The number of pyridine rings is 2. The molecule has 1 saturated heterocycles. The Morgan fingerprint density at radius 2 is 1.79 bits per heavy atom. The smallest absolute Gasteiger partial charge is 0.259 e. The molecule has 4 aromatic rings. The number of benzene rings is 2. The molecule has 6 heteroatoms. The molecule has 3 N–H and O–H groups in total. The van der Waals surface area contributed by atoms with Gasteiger partial charge < -0.3 is 20.5 Å². The van der Waals surface area contributed by atoms with E-state index in [0.717, 1.165) is 42.0 Å². The molecule has 5 rings (SSSR count). The normalized spacial score (nSPS) is 14.6. The predicted molar refractivity (Wildman–Crippen MR) is 140 cm³/mol. The van der Waals surface area contributed by atoms with Crippen molar-refractivity contribution in [2.45, 2.75) is 25.3 Å². The molecule has 3 heterocycles. The summed E-state index contributed by atoms with van der Waals surface area (Å²) in [4.78, 5) is 22.7. The second-order valence-electron chi connectivity index (χ2n) is 9.29. The molecule has 0 spiro atoms. The van der Waals surface area contributed by atoms with E-state index in [1.54, 1.807) is 6.20 Å². The van der Waals surface area contributed by atoms with E-state index in [1.807, 2.05) is 18.2 Å². The summed E-state index contributed by atoms with van der Waals surface area (Å²) in [5, 5.41) is 8.29. The first kappa shape index (κ1) is 22.3. The van der Waals surface area contributed by atoms with Crippen molar-refractivity contribution >= 4 is 22.3 Å². The molecule has 1 aliphatic rings. The lowest BCUT2D eigenvalue weighted by Crippen LogP contribution is -2.26. The minimum Gasteiger partial charge on any atom is -0.340 e. The van der Waals surface area contributed by atoms with Crippen molar-refractivity contribution < 1.29 is 0 Å². The molecule has 0 unspecified atom stereocenters. The van der Waals surface area contributed by atoms with Crippen molar-refractivity contribution in [3.05, 3.63) is 88.3 Å². The molecular formula is C28H31N5O. The van der Waals surface area contributed by atoms with Crippen molar-refractivity contribution in [3.63, 3.8) is 0 Å². The highest BCUT2D eigenvalue weighted by molar-refractivity contribution is 5.95. The van der Waals surface area contributed by atoms with Crippen LogP contribution in [0.25, 0.3) is 22.0 Å². The number of fused-ring (bicyclic) bond motifs is 1. The summed E-state index contributed by atoms with van der Waals surface area (Å²) in [6.45, 7) is 2.96. The maximum atomic E-state index is 12.8. The fourth-order valence-electron chi connectivity index (χ4n) is 4.82. The SMILES string of the molecule is CN(C)Cc1ccccc1-c1cc2cc[nH]c(=O)c2c(Nc2ccc(C3CCNCC3)cc2)n1. The van der Waals surface area contributed by atoms with E-state index in [9.17, 15) is 4.79 Å². The van der Waals surface area contributed by atoms with Crippen LogP contribution in [0.5, 0.6) is 0 Å². The second kappa shape index (κ2) is 9.79. The van der Waals surface area contributed by atoms with Gasteiger partial charge in [0.05, 0.1) is 11.1 Å². The first-order chi connectivity index (χ1) is 16.6. The highest BCUT2D eigenvalue weighted by atomic mass is 16.1. The van der Waals surface area contributed by atoms with E-state index >= 15 is 0 Å². The maximum Gasteiger partial charge on any atom is 0.259 e. The average Bonchev–Trinajstić information content (AvgIpc) is 2.85. The zero-order chi connectivity index (χ0) is 23.5. The van der Waals surface area contributed by atoms with Gasteiger partial charge in [-0.15, -0.1) is 0 Å². The number of hydrogen-bond donors (Lipinski definition) is 3. The summed E-state index contributed by atoms with van der Waals surface area (Å²) >= 11 is 0. The van der Waals surface area contributed by atoms with Crippen molar-refractivity contribution in [2.75, 3.05) is 32.5 Å². The lowest BCUT2D eigenvalue weighted by molar-refractivity contribution is 0.403. The lowest BCUT2D eigenvalue weighted by atomic mass is 9.90. The first-order valence-electron chi connectivity index (χ1n) is 11.9. The number of anilines is 2. The first-order valence-corrected chi connectivity index (χ1v) is 11.9. The summed E-state index contributed by atoms with van der Waals surface area (Å²) in [6, 6.07) is 20.8. The molecule has 0 atom stereocenters. The molecule has 1 fully saturated rings. The third-order valence-electron chi connectivity index (χ3n) is 6.52. The number of rotatable bonds is 6. The predicted octanol–water partition coefficient (Wildman–Crippen LogP) is 4.86. The summed E-state index contributed by atoms with van der Waals surface area (Å²) in [6.07, 6.45) is 4.03. The summed E-state index contributed by atoms with van der Waals surface area (Å²) < 4.78 is 0. The zero-order valence-electron chi connectivity index (χ0n) is 19.8. The number of aromatic amines is 1. The Morgan fingerprint density at radius 3 is 2.56 bits per heavy atom. The Labute approximate surface area is 200 Å². The zero-order valence-corrected chi connectivity index (χ0v) is 19.8. The third-order valence-corrected chi connectivity index (χ3v) is 6.52. The van der Waals surface area contributed by atoms with E-state index in [-0.39, 0.29) is 5.56 Å². The van der Waals surface area contributed by atoms with Gasteiger partial charge in [-0.1, -0.05) is 36.4 Å². The van der Waals surface area contributed by atoms with Gasteiger partial charge in [-0.05, 0) is 86.7 Å². The van der Waals surface area contributed by atoms with Crippen molar-refractivity contribution in [3.8, 4) is 11.3 Å². The van der Waals surface area contributed by atoms with Crippen LogP contribution in [-0.2, 0) is 6.54 Å². The highest BCUT2D eigenvalue weighted by Crippen LogP contribution is 2.31. The molecule has 2 aromatic heterocycles. The highest BCUT2D eigenvalue weighted by Gasteiger charge is 2.16. The topological polar surface area (TPSA) is 73.1 Å². The van der Waals surface area contributed by atoms with E-state index in [2.05, 4.69) is 77.1 Å². The van der Waals surface area contributed by atoms with Gasteiger partial charge in [0.1, 0.15) is 5.82 Å². The second-order valence-corrected chi connectivity index (χ2v) is 9.29. The van der Waals surface area contributed by atoms with Crippen LogP contribution < -0.4 is 16.2 Å². The third kappa shape index (κ3) is 4.74. The van der Waals surface area contributed by atoms with Gasteiger partial charge in [0.2, 0.25) is 0 Å². The van der Waals surface area contributed by atoms with Crippen molar-refractivity contribution in [1.29, 1.82) is 0 Å². The standard InChI is InChI=1S/C28H31N5O/c1-33(2)18-22-5-3-4-6-24(22)25-17-21-13-16-30-28(34)26(21)27(32-25)31-23-9-7-19(8-10-23)20-11-14-29-15-12-20/h3-10,13,16-17,20,29H,11-12,14-15,18H2,1-2H3,(H,30,34)(H,31,32). The van der Waals surface area contributed by atoms with E-state index < -0.39 is 0 Å². The van der Waals surface area contributed by atoms with Crippen LogP contribution in [0.15, 0.2) is 71.7 Å². The quantitative estimate of drug-likeness (QED) is 0.389. The molecule has 0 saturated carbocycles. The molecule has 6 nitrogen and oxygen atoms in total. The van der Waals surface area contributed by atoms with Crippen molar-refractivity contribution in [1.82, 2.24) is 20.2 Å². The van der Waals surface area contributed by atoms with Crippen LogP contribution >= 0.6 is 0 Å². The fourth-order valence-corrected chi connectivity index (χ4v) is 4.82. The maximum absolute atomic E-state index is 12.8. The molecule has 0 amide bonds. The number of aromatic nitrogens is 2. The minimum atomic E-state index is -0.146. The summed E-state index contributed by atoms with van der Waals surface area (Å²) in [5.41, 5.74) is 5.27. The van der Waals surface area contributed by atoms with Crippen LogP contribution in [0.4, 0.5) is 11.5 Å². The van der Waals surface area contributed by atoms with E-state index in [4.69, 9.17) is 4.98 Å². The largest absolute Gasteiger partial charge is 0.340 e. The monoisotopic (exact) mass is 453 g/mol. The molecule has 0 radical (unpaired) electrons. The van der Waals surface area contributed by atoms with Gasteiger partial charge in [-0.3, -0.25) is 4.79 Å². The van der Waals surface area contributed by atoms with Crippen LogP contribution in [0.2, 0.25) is 0 Å². The number of nitrogens with zero attached hydrogens (tertiary/aromatic N) is 2. The number of hydrogen-bond acceptors (Lipinski definition) is 5. The minimum absolute atomic E-state index is 0.146. The molecular weight excluding hydrogens is 422 g/mol. The van der Waals surface area contributed by atoms with Gasteiger partial charge in [0.15, 0.2) is 0 Å². The van der Waals surface area contributed by atoms with Crippen LogP contribution in [0, 0.1) is 0 Å². The Bertz CT molecular complexity index is 1340. The Hall–Kier alpha value is -3.48. The average molecular weight is 454 g/mol. The summed E-state index contributed by atoms with van der Waals surface area (Å²) in [7, 11) is 4.12. The van der Waals surface area contributed by atoms with Gasteiger partial charge in [0, 0.05) is 24.0 Å². The Kier molecular flexibility index (Phi) is 6.43. The molecule has 0 aliphatic carbocycles. The van der Waals surface area contributed by atoms with Crippen LogP contribution in [-0.4, -0.2) is 42.1 Å². The lowest BCUT2D eigenvalue weighted by Gasteiger charge is -2.23. The number of H-pyrrole nitrogens is 1. The van der Waals surface area contributed by atoms with Gasteiger partial charge in [-0.2, -0.15) is 0 Å². The van der Waals surface area contributed by atoms with E-state index in [0.29, 0.717) is 17.1 Å². The van der Waals surface area contributed by atoms with Crippen LogP contribution in [0.3, 0.4) is 0 Å². The molecule has 1 aliphatic heterocycles. The van der Waals surface area contributed by atoms with Gasteiger partial charge in [0.25, 0.3) is 5.56 Å². The van der Waals surface area contributed by atoms with E-state index in [1.165, 1.54) is 24.0 Å². The number of piperidine rings is 1. The summed E-state index contributed by atoms with van der Waals surface area (Å²) in [5.74, 6) is 1.18. The molecule has 0 bridgehead atoms. The Balaban J connectivity index is 1.54.